The van der Waals surface area contributed by atoms with Crippen LogP contribution in [0.2, 0.25) is 0 Å². The fraction of sp³-hybridized carbons (Fsp3) is 0.409. The smallest absolute Gasteiger partial charge is 0.363 e. The number of furan rings is 1. The Labute approximate surface area is 340 Å². The highest BCUT2D eigenvalue weighted by molar-refractivity contribution is 7.66. The summed E-state index contributed by atoms with van der Waals surface area (Å²) in [7, 11) is -3.30. The Morgan fingerprint density at radius 1 is 0.931 bits per heavy atom. The summed E-state index contributed by atoms with van der Waals surface area (Å²) in [5.74, 6) is -1.59. The molecule has 1 fully saturated rings. The van der Waals surface area contributed by atoms with Gasteiger partial charge in [-0.15, -0.1) is 0 Å². The zero-order valence-electron chi connectivity index (χ0n) is 33.8. The third-order valence-electron chi connectivity index (χ3n) is 10.1. The first kappa shape index (κ1) is 43.7. The number of nitrogens with zero attached hydrogens (tertiary/aromatic N) is 2. The van der Waals surface area contributed by atoms with E-state index in [1.54, 1.807) is 49.1 Å². The maximum Gasteiger partial charge on any atom is 0.363 e. The molecule has 1 aliphatic rings. The molecule has 1 saturated heterocycles. The molecule has 14 heteroatoms. The van der Waals surface area contributed by atoms with Gasteiger partial charge in [0, 0.05) is 36.3 Å². The quantitative estimate of drug-likeness (QED) is 0.0265. The van der Waals surface area contributed by atoms with E-state index in [0.29, 0.717) is 60.2 Å². The van der Waals surface area contributed by atoms with Gasteiger partial charge in [0.1, 0.15) is 11.5 Å². The standard InChI is InChI=1S/C44H55N4O9P/c1-5-8-10-20-38(39(6-2)48(31-49)57-44(52)33-18-15-19-35(25-33)47-23-13-14-24-47)42(50)45-30-46-43(51)41-22-21-40(56-41)34-26-36(54-7-3)28-37(27-34)58(4,53)55-29-32-16-11-9-12-17-32/h9,11-12,15-19,21-22,25-28,31,38-39H,5-8,10,13-14,20,23-24,29-30H2,1-4H3,(H,45,50)(H,46,51)/t38-,39-,58?/m1/s1. The first-order valence-corrected chi connectivity index (χ1v) is 22.2. The maximum atomic E-state index is 13.8. The number of carbonyl (C=O) groups is 4. The molecular weight excluding hydrogens is 759 g/mol. The highest BCUT2D eigenvalue weighted by atomic mass is 31.2. The largest absolute Gasteiger partial charge is 0.494 e. The first-order chi connectivity index (χ1) is 28.1. The second kappa shape index (κ2) is 21.4. The van der Waals surface area contributed by atoms with E-state index < -0.39 is 37.1 Å². The Morgan fingerprint density at radius 3 is 2.41 bits per heavy atom. The minimum absolute atomic E-state index is 0.00797. The third kappa shape index (κ3) is 11.8. The molecule has 58 heavy (non-hydrogen) atoms. The van der Waals surface area contributed by atoms with Crippen molar-refractivity contribution in [3.63, 3.8) is 0 Å². The average molecular weight is 815 g/mol. The summed E-state index contributed by atoms with van der Waals surface area (Å²) < 4.78 is 31.4. The lowest BCUT2D eigenvalue weighted by Crippen LogP contribution is -2.49. The molecule has 1 unspecified atom stereocenters. The Balaban J connectivity index is 1.23. The second-order valence-corrected chi connectivity index (χ2v) is 16.8. The zero-order chi connectivity index (χ0) is 41.5. The van der Waals surface area contributed by atoms with Gasteiger partial charge in [0.15, 0.2) is 5.76 Å². The lowest BCUT2D eigenvalue weighted by atomic mass is 9.90. The van der Waals surface area contributed by atoms with Crippen LogP contribution in [0.15, 0.2) is 89.3 Å². The van der Waals surface area contributed by atoms with Crippen molar-refractivity contribution < 1.29 is 42.3 Å². The van der Waals surface area contributed by atoms with Crippen molar-refractivity contribution in [2.45, 2.75) is 78.4 Å². The van der Waals surface area contributed by atoms with E-state index in [1.165, 1.54) is 6.07 Å². The average Bonchev–Trinajstić information content (AvgIpc) is 3.97. The Morgan fingerprint density at radius 2 is 1.71 bits per heavy atom. The highest BCUT2D eigenvalue weighted by Gasteiger charge is 2.34. The molecule has 1 aliphatic heterocycles. The topological polar surface area (TPSA) is 157 Å². The van der Waals surface area contributed by atoms with Gasteiger partial charge in [-0.25, -0.2) is 4.79 Å². The van der Waals surface area contributed by atoms with Crippen LogP contribution >= 0.6 is 7.37 Å². The van der Waals surface area contributed by atoms with Gasteiger partial charge >= 0.3 is 5.97 Å². The lowest BCUT2D eigenvalue weighted by molar-refractivity contribution is -0.171. The van der Waals surface area contributed by atoms with E-state index in [4.69, 9.17) is 18.5 Å². The molecule has 0 spiro atoms. The van der Waals surface area contributed by atoms with Gasteiger partial charge in [0.2, 0.25) is 19.7 Å². The van der Waals surface area contributed by atoms with E-state index in [-0.39, 0.29) is 19.0 Å². The van der Waals surface area contributed by atoms with Crippen LogP contribution in [0.5, 0.6) is 5.75 Å². The fourth-order valence-corrected chi connectivity index (χ4v) is 8.26. The molecule has 13 nitrogen and oxygen atoms in total. The van der Waals surface area contributed by atoms with Crippen molar-refractivity contribution in [1.82, 2.24) is 15.7 Å². The third-order valence-corrected chi connectivity index (χ3v) is 11.9. The summed E-state index contributed by atoms with van der Waals surface area (Å²) in [6, 6.07) is 24.1. The Bertz CT molecular complexity index is 2030. The molecule has 0 bridgehead atoms. The number of benzene rings is 3. The van der Waals surface area contributed by atoms with Crippen molar-refractivity contribution in [3.8, 4) is 17.1 Å². The van der Waals surface area contributed by atoms with E-state index in [2.05, 4.69) is 22.5 Å². The summed E-state index contributed by atoms with van der Waals surface area (Å²) >= 11 is 0. The molecule has 3 aromatic carbocycles. The number of ether oxygens (including phenoxy) is 1. The monoisotopic (exact) mass is 814 g/mol. The van der Waals surface area contributed by atoms with Crippen molar-refractivity contribution in [3.05, 3.63) is 102 Å². The van der Waals surface area contributed by atoms with Gasteiger partial charge < -0.3 is 34.0 Å². The summed E-state index contributed by atoms with van der Waals surface area (Å²) in [6.07, 6.45) is 5.89. The number of hydroxylamine groups is 2. The minimum atomic E-state index is -3.30. The van der Waals surface area contributed by atoms with E-state index in [9.17, 15) is 23.7 Å². The number of hydrogen-bond donors (Lipinski definition) is 2. The summed E-state index contributed by atoms with van der Waals surface area (Å²) in [6.45, 7) is 9.42. The number of unbranched alkanes of at least 4 members (excludes halogenated alkanes) is 2. The normalized spacial score (nSPS) is 14.5. The summed E-state index contributed by atoms with van der Waals surface area (Å²) in [5.41, 5.74) is 2.65. The van der Waals surface area contributed by atoms with Crippen molar-refractivity contribution >= 4 is 42.6 Å². The number of amides is 3. The minimum Gasteiger partial charge on any atom is -0.494 e. The number of carbonyl (C=O) groups excluding carboxylic acids is 4. The number of hydrogen-bond acceptors (Lipinski definition) is 10. The maximum absolute atomic E-state index is 13.8. The summed E-state index contributed by atoms with van der Waals surface area (Å²) in [5, 5.41) is 6.83. The summed E-state index contributed by atoms with van der Waals surface area (Å²) in [4.78, 5) is 60.4. The van der Waals surface area contributed by atoms with Crippen LogP contribution in [0.1, 0.15) is 92.2 Å². The van der Waals surface area contributed by atoms with E-state index in [0.717, 1.165) is 55.1 Å². The van der Waals surface area contributed by atoms with Crippen LogP contribution in [-0.4, -0.2) is 68.3 Å². The van der Waals surface area contributed by atoms with E-state index >= 15 is 0 Å². The number of anilines is 1. The predicted octanol–water partition coefficient (Wildman–Crippen LogP) is 7.70. The molecule has 3 atom stereocenters. The molecule has 3 amide bonds. The highest BCUT2D eigenvalue weighted by Crippen LogP contribution is 2.44. The second-order valence-electron chi connectivity index (χ2n) is 14.3. The number of rotatable bonds is 22. The van der Waals surface area contributed by atoms with Crippen LogP contribution in [0.4, 0.5) is 5.69 Å². The molecule has 4 aromatic rings. The Hall–Kier alpha value is -5.39. The van der Waals surface area contributed by atoms with Gasteiger partial charge in [0.05, 0.1) is 37.4 Å². The van der Waals surface area contributed by atoms with Gasteiger partial charge in [-0.2, -0.15) is 5.06 Å². The van der Waals surface area contributed by atoms with Gasteiger partial charge in [0.25, 0.3) is 5.91 Å². The molecule has 5 rings (SSSR count). The fourth-order valence-electron chi connectivity index (χ4n) is 6.98. The molecule has 0 saturated carbocycles. The molecule has 2 heterocycles. The van der Waals surface area contributed by atoms with E-state index in [1.807, 2.05) is 50.2 Å². The van der Waals surface area contributed by atoms with Crippen molar-refractivity contribution in [2.24, 2.45) is 5.92 Å². The van der Waals surface area contributed by atoms with Crippen molar-refractivity contribution in [2.75, 3.05) is 37.9 Å². The predicted molar refractivity (Wildman–Crippen MR) is 223 cm³/mol. The molecule has 1 aromatic heterocycles. The number of nitrogens with one attached hydrogen (secondary N) is 2. The van der Waals surface area contributed by atoms with Crippen molar-refractivity contribution in [1.29, 1.82) is 0 Å². The van der Waals surface area contributed by atoms with Crippen LogP contribution in [0.25, 0.3) is 11.3 Å². The first-order valence-electron chi connectivity index (χ1n) is 20.1. The zero-order valence-corrected chi connectivity index (χ0v) is 34.7. The van der Waals surface area contributed by atoms with Gasteiger partial charge in [-0.1, -0.05) is 69.5 Å². The van der Waals surface area contributed by atoms with Gasteiger partial charge in [-0.05, 0) is 86.7 Å². The molecule has 310 valence electrons. The van der Waals surface area contributed by atoms with Crippen LogP contribution in [0.3, 0.4) is 0 Å². The molecule has 0 aliphatic carbocycles. The van der Waals surface area contributed by atoms with Crippen LogP contribution < -0.4 is 25.6 Å². The van der Waals surface area contributed by atoms with Gasteiger partial charge in [-0.3, -0.25) is 18.9 Å². The van der Waals surface area contributed by atoms with Crippen LogP contribution in [-0.2, 0) is 30.1 Å². The molecular formula is C44H55N4O9P. The Kier molecular flexibility index (Phi) is 16.1. The molecule has 2 N–H and O–H groups in total. The molecule has 0 radical (unpaired) electrons. The lowest BCUT2D eigenvalue weighted by Gasteiger charge is -2.32. The van der Waals surface area contributed by atoms with Crippen LogP contribution in [0, 0.1) is 5.92 Å². The SMILES string of the molecule is CCCCC[C@@H](C(=O)NCNC(=O)c1ccc(-c2cc(OCC)cc(P(C)(=O)OCc3ccccc3)c2)o1)[C@@H](CC)N(C=O)OC(=O)c1cccc(N2CCCC2)c1.